The molecule has 0 amide bonds. The first kappa shape index (κ1) is 13.1. The van der Waals surface area contributed by atoms with Crippen LogP contribution < -0.4 is 0 Å². The molecule has 0 N–H and O–H groups in total. The van der Waals surface area contributed by atoms with Crippen LogP contribution in [0.4, 0.5) is 0 Å². The van der Waals surface area contributed by atoms with Crippen LogP contribution in [0.15, 0.2) is 0 Å². The molecule has 0 nitrogen and oxygen atoms in total. The maximum Gasteiger partial charge on any atom is -0.0337 e. The van der Waals surface area contributed by atoms with E-state index in [1.165, 1.54) is 19.3 Å². The van der Waals surface area contributed by atoms with E-state index in [0.29, 0.717) is 10.8 Å². The van der Waals surface area contributed by atoms with Crippen LogP contribution in [0.25, 0.3) is 0 Å². The van der Waals surface area contributed by atoms with Crippen molar-refractivity contribution in [2.75, 3.05) is 0 Å². The monoisotopic (exact) mass is 210 g/mol. The van der Waals surface area contributed by atoms with Gasteiger partial charge < -0.3 is 0 Å². The Balaban J connectivity index is 2.73. The standard InChI is InChI=1S/C15H30/c1-11-8-9-12(14(2,3)4)10-13(11)15(5,6)7/h11-13H,8-10H2,1-7H3. The highest BCUT2D eigenvalue weighted by atomic mass is 14.4. The average Bonchev–Trinajstić information content (AvgIpc) is 2.00. The van der Waals surface area contributed by atoms with Gasteiger partial charge in [-0.3, -0.25) is 0 Å². The van der Waals surface area contributed by atoms with Crippen molar-refractivity contribution in [3.8, 4) is 0 Å². The highest BCUT2D eigenvalue weighted by molar-refractivity contribution is 4.88. The molecular formula is C15H30. The third-order valence-electron chi connectivity index (χ3n) is 4.53. The van der Waals surface area contributed by atoms with Crippen LogP contribution in [-0.4, -0.2) is 0 Å². The summed E-state index contributed by atoms with van der Waals surface area (Å²) in [6.07, 6.45) is 4.31. The van der Waals surface area contributed by atoms with Crippen molar-refractivity contribution in [3.63, 3.8) is 0 Å². The van der Waals surface area contributed by atoms with Crippen LogP contribution in [-0.2, 0) is 0 Å². The summed E-state index contributed by atoms with van der Waals surface area (Å²) in [5.41, 5.74) is 0.993. The van der Waals surface area contributed by atoms with Gasteiger partial charge in [-0.2, -0.15) is 0 Å². The molecule has 0 heterocycles. The number of rotatable bonds is 0. The Labute approximate surface area is 96.8 Å². The Bertz CT molecular complexity index is 201. The summed E-state index contributed by atoms with van der Waals surface area (Å²) >= 11 is 0. The summed E-state index contributed by atoms with van der Waals surface area (Å²) in [6, 6.07) is 0. The van der Waals surface area contributed by atoms with E-state index in [0.717, 1.165) is 17.8 Å². The van der Waals surface area contributed by atoms with Gasteiger partial charge in [0.25, 0.3) is 0 Å². The van der Waals surface area contributed by atoms with E-state index in [1.807, 2.05) is 0 Å². The lowest BCUT2D eigenvalue weighted by Gasteiger charge is -2.46. The molecule has 0 aromatic carbocycles. The third-order valence-corrected chi connectivity index (χ3v) is 4.53. The molecule has 15 heavy (non-hydrogen) atoms. The van der Waals surface area contributed by atoms with Crippen molar-refractivity contribution in [3.05, 3.63) is 0 Å². The lowest BCUT2D eigenvalue weighted by Crippen LogP contribution is -2.36. The average molecular weight is 210 g/mol. The van der Waals surface area contributed by atoms with E-state index in [1.54, 1.807) is 0 Å². The molecule has 1 saturated carbocycles. The molecule has 0 aromatic rings. The predicted octanol–water partition coefficient (Wildman–Crippen LogP) is 5.13. The highest BCUT2D eigenvalue weighted by Crippen LogP contribution is 2.48. The molecule has 1 fully saturated rings. The molecule has 3 unspecified atom stereocenters. The van der Waals surface area contributed by atoms with Crippen molar-refractivity contribution in [2.24, 2.45) is 28.6 Å². The molecule has 0 aromatic heterocycles. The van der Waals surface area contributed by atoms with E-state index >= 15 is 0 Å². The second-order valence-electron chi connectivity index (χ2n) is 7.83. The van der Waals surface area contributed by atoms with E-state index < -0.39 is 0 Å². The summed E-state index contributed by atoms with van der Waals surface area (Å²) < 4.78 is 0. The Kier molecular flexibility index (Phi) is 3.58. The van der Waals surface area contributed by atoms with Crippen LogP contribution in [0.5, 0.6) is 0 Å². The van der Waals surface area contributed by atoms with Gasteiger partial charge in [-0.1, -0.05) is 54.9 Å². The van der Waals surface area contributed by atoms with Gasteiger partial charge in [-0.25, -0.2) is 0 Å². The second-order valence-corrected chi connectivity index (χ2v) is 7.83. The maximum atomic E-state index is 2.45. The molecule has 0 aliphatic heterocycles. The molecule has 3 atom stereocenters. The minimum Gasteiger partial charge on any atom is -0.0622 e. The minimum absolute atomic E-state index is 0.489. The highest BCUT2D eigenvalue weighted by Gasteiger charge is 2.38. The summed E-state index contributed by atoms with van der Waals surface area (Å²) in [5, 5.41) is 0. The van der Waals surface area contributed by atoms with Crippen LogP contribution >= 0.6 is 0 Å². The van der Waals surface area contributed by atoms with Crippen molar-refractivity contribution < 1.29 is 0 Å². The molecule has 0 bridgehead atoms. The normalized spacial score (nSPS) is 34.2. The van der Waals surface area contributed by atoms with Crippen LogP contribution in [0.2, 0.25) is 0 Å². The molecule has 0 heteroatoms. The van der Waals surface area contributed by atoms with Gasteiger partial charge >= 0.3 is 0 Å². The fourth-order valence-electron chi connectivity index (χ4n) is 3.32. The Morgan fingerprint density at radius 1 is 0.800 bits per heavy atom. The quantitative estimate of drug-likeness (QED) is 0.520. The SMILES string of the molecule is CC1CCC(C(C)(C)C)CC1C(C)(C)C. The van der Waals surface area contributed by atoms with Gasteiger partial charge in [0.05, 0.1) is 0 Å². The van der Waals surface area contributed by atoms with Crippen molar-refractivity contribution in [1.82, 2.24) is 0 Å². The molecule has 1 aliphatic rings. The van der Waals surface area contributed by atoms with Crippen molar-refractivity contribution in [2.45, 2.75) is 67.7 Å². The Morgan fingerprint density at radius 3 is 1.73 bits per heavy atom. The maximum absolute atomic E-state index is 2.45. The van der Waals surface area contributed by atoms with Gasteiger partial charge in [0.15, 0.2) is 0 Å². The van der Waals surface area contributed by atoms with Gasteiger partial charge in [0.2, 0.25) is 0 Å². The second kappa shape index (κ2) is 4.11. The molecule has 0 spiro atoms. The van der Waals surface area contributed by atoms with E-state index in [-0.39, 0.29) is 0 Å². The molecule has 90 valence electrons. The summed E-state index contributed by atoms with van der Waals surface area (Å²) in [4.78, 5) is 0. The Morgan fingerprint density at radius 2 is 1.33 bits per heavy atom. The Hall–Kier alpha value is 0. The first-order valence-electron chi connectivity index (χ1n) is 6.62. The first-order chi connectivity index (χ1) is 6.62. The zero-order valence-corrected chi connectivity index (χ0v) is 11.9. The third kappa shape index (κ3) is 3.23. The predicted molar refractivity (Wildman–Crippen MR) is 68.9 cm³/mol. The summed E-state index contributed by atoms with van der Waals surface area (Å²) in [7, 11) is 0. The van der Waals surface area contributed by atoms with Crippen molar-refractivity contribution >= 4 is 0 Å². The van der Waals surface area contributed by atoms with E-state index in [2.05, 4.69) is 48.5 Å². The molecule has 0 radical (unpaired) electrons. The van der Waals surface area contributed by atoms with Gasteiger partial charge in [-0.05, 0) is 41.4 Å². The lowest BCUT2D eigenvalue weighted by molar-refractivity contribution is 0.0427. The van der Waals surface area contributed by atoms with Gasteiger partial charge in [0.1, 0.15) is 0 Å². The molecule has 1 aliphatic carbocycles. The van der Waals surface area contributed by atoms with Gasteiger partial charge in [0, 0.05) is 0 Å². The fourth-order valence-corrected chi connectivity index (χ4v) is 3.32. The van der Waals surface area contributed by atoms with Crippen LogP contribution in [0.1, 0.15) is 67.7 Å². The lowest BCUT2D eigenvalue weighted by atomic mass is 9.60. The van der Waals surface area contributed by atoms with Crippen LogP contribution in [0, 0.1) is 28.6 Å². The smallest absolute Gasteiger partial charge is 0.0337 e. The zero-order chi connectivity index (χ0) is 11.9. The zero-order valence-electron chi connectivity index (χ0n) is 11.9. The first-order valence-corrected chi connectivity index (χ1v) is 6.62. The number of hydrogen-bond donors (Lipinski definition) is 0. The van der Waals surface area contributed by atoms with Crippen molar-refractivity contribution in [1.29, 1.82) is 0 Å². The molecule has 1 rings (SSSR count). The summed E-state index contributed by atoms with van der Waals surface area (Å²) in [6.45, 7) is 16.9. The molecular weight excluding hydrogens is 180 g/mol. The van der Waals surface area contributed by atoms with Gasteiger partial charge in [-0.15, -0.1) is 0 Å². The molecule has 0 saturated heterocycles. The van der Waals surface area contributed by atoms with Crippen LogP contribution in [0.3, 0.4) is 0 Å². The topological polar surface area (TPSA) is 0 Å². The summed E-state index contributed by atoms with van der Waals surface area (Å²) in [5.74, 6) is 2.76. The fraction of sp³-hybridized carbons (Fsp3) is 1.00. The largest absolute Gasteiger partial charge is 0.0622 e. The van der Waals surface area contributed by atoms with E-state index in [9.17, 15) is 0 Å². The number of hydrogen-bond acceptors (Lipinski definition) is 0. The van der Waals surface area contributed by atoms with E-state index in [4.69, 9.17) is 0 Å². The minimum atomic E-state index is 0.489.